The van der Waals surface area contributed by atoms with Gasteiger partial charge in [0.1, 0.15) is 18.2 Å². The number of amides is 1. The van der Waals surface area contributed by atoms with Crippen LogP contribution >= 0.6 is 22.9 Å². The lowest BCUT2D eigenvalue weighted by molar-refractivity contribution is -0.193. The molecule has 1 atom stereocenters. The second-order valence-corrected chi connectivity index (χ2v) is 11.4. The number of carbonyl (C=O) groups is 3. The highest BCUT2D eigenvalue weighted by atomic mass is 35.5. The minimum absolute atomic E-state index is 0.0177. The highest BCUT2D eigenvalue weighted by Crippen LogP contribution is 2.32. The van der Waals surface area contributed by atoms with Crippen molar-refractivity contribution >= 4 is 57.5 Å². The van der Waals surface area contributed by atoms with Crippen molar-refractivity contribution in [3.05, 3.63) is 58.3 Å². The highest BCUT2D eigenvalue weighted by Gasteiger charge is 2.39. The fraction of sp³-hybridized carbons (Fsp3) is 0.333. The zero-order chi connectivity index (χ0) is 35.8. The molecule has 0 radical (unpaired) electrons. The van der Waals surface area contributed by atoms with Crippen LogP contribution in [-0.4, -0.2) is 98.2 Å². The van der Waals surface area contributed by atoms with Crippen molar-refractivity contribution in [2.45, 2.75) is 31.5 Å². The number of carboxylic acids is 2. The maximum absolute atomic E-state index is 13.4. The smallest absolute Gasteiger partial charge is 0.475 e. The number of anilines is 1. The molecule has 4 N–H and O–H groups in total. The van der Waals surface area contributed by atoms with Crippen molar-refractivity contribution in [1.82, 2.24) is 24.9 Å². The number of methoxy groups -OCH3 is 1. The van der Waals surface area contributed by atoms with Gasteiger partial charge in [-0.1, -0.05) is 22.8 Å². The van der Waals surface area contributed by atoms with E-state index in [4.69, 9.17) is 46.4 Å². The summed E-state index contributed by atoms with van der Waals surface area (Å²) in [6.07, 6.45) is -8.72. The number of piperazine rings is 1. The highest BCUT2D eigenvalue weighted by molar-refractivity contribution is 7.19. The topological polar surface area (TPSA) is 185 Å². The molecule has 0 spiro atoms. The minimum atomic E-state index is -5.08. The molecule has 260 valence electrons. The minimum Gasteiger partial charge on any atom is -0.475 e. The van der Waals surface area contributed by atoms with Crippen LogP contribution < -0.4 is 5.73 Å². The largest absolute Gasteiger partial charge is 0.490 e. The van der Waals surface area contributed by atoms with Crippen molar-refractivity contribution in [3.63, 3.8) is 0 Å². The van der Waals surface area contributed by atoms with E-state index in [9.17, 15) is 31.1 Å². The van der Waals surface area contributed by atoms with E-state index in [1.807, 2.05) is 41.3 Å². The number of rotatable bonds is 7. The van der Waals surface area contributed by atoms with Crippen molar-refractivity contribution in [3.8, 4) is 10.6 Å². The molecule has 0 unspecified atom stereocenters. The number of ether oxygens (including phenoxy) is 1. The Bertz CT molecular complexity index is 1710. The molecule has 48 heavy (non-hydrogen) atoms. The molecule has 0 saturated carbocycles. The Kier molecular flexibility index (Phi) is 12.7. The monoisotopic (exact) mass is 726 g/mol. The van der Waals surface area contributed by atoms with Crippen molar-refractivity contribution in [2.24, 2.45) is 0 Å². The Hall–Kier alpha value is -4.53. The molecular weight excluding hydrogens is 702 g/mol. The summed E-state index contributed by atoms with van der Waals surface area (Å²) in [5.41, 5.74) is 8.43. The molecule has 5 rings (SSSR count). The van der Waals surface area contributed by atoms with Crippen LogP contribution in [0.25, 0.3) is 21.5 Å². The third kappa shape index (κ3) is 10.5. The number of halogens is 7. The molecule has 1 aromatic carbocycles. The third-order valence-corrected chi connectivity index (χ3v) is 7.60. The van der Waals surface area contributed by atoms with Crippen LogP contribution in [0.2, 0.25) is 4.34 Å². The molecule has 3 aromatic heterocycles. The van der Waals surface area contributed by atoms with Gasteiger partial charge in [0.25, 0.3) is 0 Å². The van der Waals surface area contributed by atoms with E-state index < -0.39 is 30.3 Å². The number of benzene rings is 1. The summed E-state index contributed by atoms with van der Waals surface area (Å²) in [6, 6.07) is 11.0. The van der Waals surface area contributed by atoms with Gasteiger partial charge in [-0.15, -0.1) is 11.3 Å². The van der Waals surface area contributed by atoms with Crippen LogP contribution in [-0.2, 0) is 32.2 Å². The average Bonchev–Trinajstić information content (AvgIpc) is 3.65. The number of thiophene rings is 1. The number of nitrogen functional groups attached to an aromatic ring is 1. The normalized spacial score (nSPS) is 15.4. The van der Waals surface area contributed by atoms with Crippen molar-refractivity contribution < 1.29 is 60.2 Å². The number of carboxylic acid groups (broad SMARTS) is 2. The molecule has 0 bridgehead atoms. The summed E-state index contributed by atoms with van der Waals surface area (Å²) < 4.78 is 75.1. The summed E-state index contributed by atoms with van der Waals surface area (Å²) in [6.45, 7) is 2.55. The average molecular weight is 727 g/mol. The van der Waals surface area contributed by atoms with E-state index in [2.05, 4.69) is 20.0 Å². The number of alkyl halides is 6. The Labute approximate surface area is 275 Å². The van der Waals surface area contributed by atoms with Crippen LogP contribution in [0.1, 0.15) is 11.3 Å². The second kappa shape index (κ2) is 16.0. The van der Waals surface area contributed by atoms with Crippen LogP contribution in [0.15, 0.2) is 47.2 Å². The molecule has 4 heterocycles. The SMILES string of the molecule is COC[C@H]1C(=O)N(Cc2ccc3c(N)ncnc3c2)CCN1Cc1cc(-c2ccc(Cl)s2)on1.O=C(O)C(F)(F)F.O=C(O)C(F)(F)F. The van der Waals surface area contributed by atoms with Gasteiger partial charge in [-0.25, -0.2) is 19.6 Å². The molecule has 13 nitrogen and oxygen atoms in total. The summed E-state index contributed by atoms with van der Waals surface area (Å²) in [5, 5.41) is 19.2. The summed E-state index contributed by atoms with van der Waals surface area (Å²) in [4.78, 5) is 44.3. The van der Waals surface area contributed by atoms with Crippen LogP contribution in [0.5, 0.6) is 0 Å². The Morgan fingerprint density at radius 1 is 1.04 bits per heavy atom. The maximum atomic E-state index is 13.4. The summed E-state index contributed by atoms with van der Waals surface area (Å²) >= 11 is 7.46. The number of hydrogen-bond acceptors (Lipinski definition) is 11. The van der Waals surface area contributed by atoms with Gasteiger partial charge in [-0.3, -0.25) is 9.69 Å². The van der Waals surface area contributed by atoms with Gasteiger partial charge in [0.05, 0.1) is 27.0 Å². The molecule has 1 aliphatic heterocycles. The molecule has 1 saturated heterocycles. The van der Waals surface area contributed by atoms with Crippen molar-refractivity contribution in [2.75, 3.05) is 32.5 Å². The van der Waals surface area contributed by atoms with Gasteiger partial charge in [-0.05, 0) is 29.8 Å². The second-order valence-electron chi connectivity index (χ2n) is 9.70. The van der Waals surface area contributed by atoms with Crippen molar-refractivity contribution in [1.29, 1.82) is 0 Å². The number of fused-ring (bicyclic) bond motifs is 1. The molecule has 0 aliphatic carbocycles. The van der Waals surface area contributed by atoms with Gasteiger partial charge in [0.15, 0.2) is 5.76 Å². The third-order valence-electron chi connectivity index (χ3n) is 6.35. The molecule has 4 aromatic rings. The quantitative estimate of drug-likeness (QED) is 0.223. The fourth-order valence-electron chi connectivity index (χ4n) is 4.16. The predicted octanol–water partition coefficient (Wildman–Crippen LogP) is 4.71. The van der Waals surface area contributed by atoms with Gasteiger partial charge in [-0.2, -0.15) is 26.3 Å². The lowest BCUT2D eigenvalue weighted by atomic mass is 10.1. The number of nitrogens with zero attached hydrogens (tertiary/aromatic N) is 5. The number of carbonyl (C=O) groups excluding carboxylic acids is 1. The number of aliphatic carboxylic acids is 2. The zero-order valence-electron chi connectivity index (χ0n) is 24.5. The Morgan fingerprint density at radius 2 is 1.69 bits per heavy atom. The predicted molar refractivity (Wildman–Crippen MR) is 158 cm³/mol. The number of aromatic nitrogens is 3. The van der Waals surface area contributed by atoms with Crippen LogP contribution in [0.4, 0.5) is 32.2 Å². The Morgan fingerprint density at radius 3 is 2.25 bits per heavy atom. The van der Waals surface area contributed by atoms with E-state index in [0.29, 0.717) is 48.7 Å². The Balaban J connectivity index is 0.000000376. The first-order valence-corrected chi connectivity index (χ1v) is 14.4. The molecule has 1 fully saturated rings. The molecular formula is C27H25ClF6N6O7S. The first-order valence-electron chi connectivity index (χ1n) is 13.2. The van der Waals surface area contributed by atoms with Gasteiger partial charge >= 0.3 is 24.3 Å². The first kappa shape index (κ1) is 37.9. The number of hydrogen-bond donors (Lipinski definition) is 3. The summed E-state index contributed by atoms with van der Waals surface area (Å²) in [5.74, 6) is -4.38. The van der Waals surface area contributed by atoms with E-state index in [0.717, 1.165) is 27.0 Å². The van der Waals surface area contributed by atoms with Crippen LogP contribution in [0.3, 0.4) is 0 Å². The fourth-order valence-corrected chi connectivity index (χ4v) is 5.15. The standard InChI is InChI=1S/C23H23ClN6O3S.2C2HF3O2/c1-32-12-18-23(31)30(10-14-2-3-16-17(8-14)26-13-27-22(16)25)7-6-29(18)11-15-9-19(33-28-15)20-4-5-21(24)34-20;2*3-2(4,5)1(6)7/h2-5,8-9,13,18H,6-7,10-12H2,1H3,(H2,25,26,27);2*(H,6,7)/t18-;;/m0../s1. The summed E-state index contributed by atoms with van der Waals surface area (Å²) in [7, 11) is 1.60. The lowest BCUT2D eigenvalue weighted by Crippen LogP contribution is -2.57. The van der Waals surface area contributed by atoms with Gasteiger partial charge in [0, 0.05) is 44.7 Å². The van der Waals surface area contributed by atoms with E-state index in [1.165, 1.54) is 17.7 Å². The van der Waals surface area contributed by atoms with E-state index in [1.54, 1.807) is 7.11 Å². The van der Waals surface area contributed by atoms with Gasteiger partial charge in [0.2, 0.25) is 5.91 Å². The zero-order valence-corrected chi connectivity index (χ0v) is 26.0. The number of nitrogens with two attached hydrogens (primary N) is 1. The van der Waals surface area contributed by atoms with Crippen LogP contribution in [0, 0.1) is 0 Å². The van der Waals surface area contributed by atoms with E-state index >= 15 is 0 Å². The lowest BCUT2D eigenvalue weighted by Gasteiger charge is -2.40. The van der Waals surface area contributed by atoms with E-state index in [-0.39, 0.29) is 5.91 Å². The molecule has 21 heteroatoms. The molecule has 1 amide bonds. The first-order chi connectivity index (χ1) is 22.4. The van der Waals surface area contributed by atoms with Gasteiger partial charge < -0.3 is 30.1 Å². The maximum Gasteiger partial charge on any atom is 0.490 e. The molecule has 1 aliphatic rings.